The molecule has 0 radical (unpaired) electrons. The standard InChI is InChI=1S/C26H31ClN6O3S/c1-32(2)26(36)14-4-6-18(29-23(34)21-12-15-10-16(27)5-7-17(15)28-21)20(11-14)30-24(35)25-31-19-8-9-33(3)13-22(19)37-25/h5,7,10,12,14,18,20,28H,4,6,8-9,11,13H2,1-3H3,(H,29,34)(H,30,35)/t14-,18+,20+/m0/s1. The first kappa shape index (κ1) is 25.7. The van der Waals surface area contributed by atoms with Crippen LogP contribution < -0.4 is 10.6 Å². The smallest absolute Gasteiger partial charge is 0.280 e. The molecule has 1 aromatic carbocycles. The van der Waals surface area contributed by atoms with Crippen molar-refractivity contribution in [2.45, 2.75) is 44.3 Å². The highest BCUT2D eigenvalue weighted by Crippen LogP contribution is 2.29. The number of fused-ring (bicyclic) bond motifs is 2. The Morgan fingerprint density at radius 3 is 2.70 bits per heavy atom. The Morgan fingerprint density at radius 2 is 1.92 bits per heavy atom. The Labute approximate surface area is 224 Å². The molecular formula is C26H31ClN6O3S. The van der Waals surface area contributed by atoms with E-state index in [2.05, 4.69) is 32.5 Å². The number of carbonyl (C=O) groups is 3. The molecule has 3 aromatic rings. The quantitative estimate of drug-likeness (QED) is 0.459. The monoisotopic (exact) mass is 542 g/mol. The van der Waals surface area contributed by atoms with Gasteiger partial charge in [-0.2, -0.15) is 0 Å². The van der Waals surface area contributed by atoms with Crippen molar-refractivity contribution in [3.05, 3.63) is 50.6 Å². The molecule has 2 aromatic heterocycles. The number of likely N-dealkylation sites (N-methyl/N-ethyl adjacent to an activating group) is 1. The van der Waals surface area contributed by atoms with Gasteiger partial charge in [0, 0.05) is 66.4 Å². The van der Waals surface area contributed by atoms with Crippen LogP contribution in [-0.2, 0) is 17.8 Å². The molecule has 9 nitrogen and oxygen atoms in total. The molecule has 0 saturated heterocycles. The molecule has 37 heavy (non-hydrogen) atoms. The molecule has 1 saturated carbocycles. The van der Waals surface area contributed by atoms with Gasteiger partial charge in [-0.3, -0.25) is 14.4 Å². The summed E-state index contributed by atoms with van der Waals surface area (Å²) < 4.78 is 0. The van der Waals surface area contributed by atoms with Crippen LogP contribution in [0.2, 0.25) is 5.02 Å². The number of thiazole rings is 1. The van der Waals surface area contributed by atoms with Crippen molar-refractivity contribution in [1.29, 1.82) is 0 Å². The lowest BCUT2D eigenvalue weighted by atomic mass is 9.81. The topological polar surface area (TPSA) is 110 Å². The summed E-state index contributed by atoms with van der Waals surface area (Å²) in [4.78, 5) is 51.8. The Balaban J connectivity index is 1.34. The third kappa shape index (κ3) is 5.51. The maximum Gasteiger partial charge on any atom is 0.280 e. The number of rotatable bonds is 5. The van der Waals surface area contributed by atoms with E-state index in [-0.39, 0.29) is 29.7 Å². The van der Waals surface area contributed by atoms with Gasteiger partial charge in [0.2, 0.25) is 5.91 Å². The maximum absolute atomic E-state index is 13.3. The molecule has 0 unspecified atom stereocenters. The molecular weight excluding hydrogens is 512 g/mol. The fraction of sp³-hybridized carbons (Fsp3) is 0.462. The average molecular weight is 543 g/mol. The second kappa shape index (κ2) is 10.4. The number of carbonyl (C=O) groups excluding carboxylic acids is 3. The molecule has 196 valence electrons. The Bertz CT molecular complexity index is 1350. The highest BCUT2D eigenvalue weighted by Gasteiger charge is 2.37. The summed E-state index contributed by atoms with van der Waals surface area (Å²) in [5, 5.41) is 8.07. The summed E-state index contributed by atoms with van der Waals surface area (Å²) in [6.07, 6.45) is 2.48. The first-order valence-electron chi connectivity index (χ1n) is 12.5. The molecule has 0 bridgehead atoms. The number of aromatic amines is 1. The van der Waals surface area contributed by atoms with Crippen LogP contribution in [0.5, 0.6) is 0 Å². The highest BCUT2D eigenvalue weighted by molar-refractivity contribution is 7.13. The number of H-pyrrole nitrogens is 1. The fourth-order valence-electron chi connectivity index (χ4n) is 5.21. The highest BCUT2D eigenvalue weighted by atomic mass is 35.5. The Kier molecular flexibility index (Phi) is 7.24. The molecule has 0 spiro atoms. The van der Waals surface area contributed by atoms with E-state index in [1.54, 1.807) is 37.2 Å². The normalized spacial score (nSPS) is 21.9. The number of aromatic nitrogens is 2. The minimum atomic E-state index is -0.401. The summed E-state index contributed by atoms with van der Waals surface area (Å²) in [5.74, 6) is -0.711. The van der Waals surface area contributed by atoms with Gasteiger partial charge in [-0.05, 0) is 50.6 Å². The van der Waals surface area contributed by atoms with Crippen LogP contribution in [0.3, 0.4) is 0 Å². The van der Waals surface area contributed by atoms with Gasteiger partial charge in [0.15, 0.2) is 5.01 Å². The predicted octanol–water partition coefficient (Wildman–Crippen LogP) is 3.05. The number of nitrogens with zero attached hydrogens (tertiary/aromatic N) is 3. The largest absolute Gasteiger partial charge is 0.351 e. The molecule has 1 fully saturated rings. The lowest BCUT2D eigenvalue weighted by Crippen LogP contribution is -2.56. The van der Waals surface area contributed by atoms with Crippen molar-refractivity contribution >= 4 is 51.6 Å². The summed E-state index contributed by atoms with van der Waals surface area (Å²) in [5.41, 5.74) is 2.23. The van der Waals surface area contributed by atoms with Crippen LogP contribution in [0.4, 0.5) is 0 Å². The second-order valence-corrected chi connectivity index (χ2v) is 11.7. The van der Waals surface area contributed by atoms with Crippen molar-refractivity contribution in [2.75, 3.05) is 27.7 Å². The third-order valence-electron chi connectivity index (χ3n) is 7.22. The van der Waals surface area contributed by atoms with Crippen molar-refractivity contribution in [1.82, 2.24) is 30.4 Å². The summed E-state index contributed by atoms with van der Waals surface area (Å²) in [6, 6.07) is 6.45. The summed E-state index contributed by atoms with van der Waals surface area (Å²) >= 11 is 7.51. The van der Waals surface area contributed by atoms with E-state index in [9.17, 15) is 14.4 Å². The molecule has 3 atom stereocenters. The van der Waals surface area contributed by atoms with Crippen LogP contribution in [0.25, 0.3) is 10.9 Å². The lowest BCUT2D eigenvalue weighted by molar-refractivity contribution is -0.134. The Hall–Kier alpha value is -2.95. The molecule has 3 amide bonds. The SMILES string of the molecule is CN1CCc2nc(C(=O)N[C@@H]3C[C@@H](C(=O)N(C)C)CC[C@H]3NC(=O)c3cc4cc(Cl)ccc4[nH]3)sc2C1. The van der Waals surface area contributed by atoms with Crippen molar-refractivity contribution in [3.63, 3.8) is 0 Å². The minimum absolute atomic E-state index is 0.0317. The number of hydrogen-bond donors (Lipinski definition) is 3. The van der Waals surface area contributed by atoms with E-state index in [0.717, 1.165) is 41.0 Å². The zero-order valence-electron chi connectivity index (χ0n) is 21.1. The summed E-state index contributed by atoms with van der Waals surface area (Å²) in [7, 11) is 5.54. The van der Waals surface area contributed by atoms with E-state index in [0.29, 0.717) is 35.0 Å². The van der Waals surface area contributed by atoms with Crippen LogP contribution >= 0.6 is 22.9 Å². The van der Waals surface area contributed by atoms with Gasteiger partial charge in [-0.15, -0.1) is 11.3 Å². The zero-order chi connectivity index (χ0) is 26.3. The zero-order valence-corrected chi connectivity index (χ0v) is 22.7. The average Bonchev–Trinajstić information content (AvgIpc) is 3.48. The van der Waals surface area contributed by atoms with Crippen molar-refractivity contribution in [2.24, 2.45) is 5.92 Å². The van der Waals surface area contributed by atoms with E-state index in [4.69, 9.17) is 11.6 Å². The summed E-state index contributed by atoms with van der Waals surface area (Å²) in [6.45, 7) is 1.71. The number of amides is 3. The van der Waals surface area contributed by atoms with E-state index in [1.807, 2.05) is 6.07 Å². The lowest BCUT2D eigenvalue weighted by Gasteiger charge is -2.37. The Morgan fingerprint density at radius 1 is 1.14 bits per heavy atom. The third-order valence-corrected chi connectivity index (χ3v) is 8.53. The molecule has 2 aliphatic rings. The fourth-order valence-corrected chi connectivity index (χ4v) is 6.49. The molecule has 11 heteroatoms. The van der Waals surface area contributed by atoms with Gasteiger partial charge in [0.25, 0.3) is 11.8 Å². The van der Waals surface area contributed by atoms with Gasteiger partial charge >= 0.3 is 0 Å². The van der Waals surface area contributed by atoms with Gasteiger partial charge in [0.05, 0.1) is 11.7 Å². The van der Waals surface area contributed by atoms with Crippen molar-refractivity contribution in [3.8, 4) is 0 Å². The van der Waals surface area contributed by atoms with Crippen molar-refractivity contribution < 1.29 is 14.4 Å². The molecule has 1 aliphatic carbocycles. The molecule has 3 heterocycles. The number of benzene rings is 1. The van der Waals surface area contributed by atoms with Gasteiger partial charge in [0.1, 0.15) is 5.69 Å². The maximum atomic E-state index is 13.3. The van der Waals surface area contributed by atoms with E-state index < -0.39 is 6.04 Å². The molecule has 5 rings (SSSR count). The van der Waals surface area contributed by atoms with Gasteiger partial charge < -0.3 is 25.4 Å². The molecule has 3 N–H and O–H groups in total. The number of hydrogen-bond acceptors (Lipinski definition) is 6. The van der Waals surface area contributed by atoms with Crippen LogP contribution in [0.15, 0.2) is 24.3 Å². The molecule has 1 aliphatic heterocycles. The second-order valence-electron chi connectivity index (χ2n) is 10.2. The van der Waals surface area contributed by atoms with Gasteiger partial charge in [-0.1, -0.05) is 11.6 Å². The predicted molar refractivity (Wildman–Crippen MR) is 144 cm³/mol. The van der Waals surface area contributed by atoms with E-state index in [1.165, 1.54) is 11.3 Å². The van der Waals surface area contributed by atoms with E-state index >= 15 is 0 Å². The first-order chi connectivity index (χ1) is 17.7. The first-order valence-corrected chi connectivity index (χ1v) is 13.7. The van der Waals surface area contributed by atoms with Crippen LogP contribution in [0, 0.1) is 5.92 Å². The van der Waals surface area contributed by atoms with Crippen LogP contribution in [-0.4, -0.2) is 77.3 Å². The van der Waals surface area contributed by atoms with Crippen LogP contribution in [0.1, 0.15) is 50.1 Å². The minimum Gasteiger partial charge on any atom is -0.351 e. The van der Waals surface area contributed by atoms with Gasteiger partial charge in [-0.25, -0.2) is 4.98 Å². The number of nitrogens with one attached hydrogen (secondary N) is 3. The number of halogens is 1.